The molecule has 0 fully saturated rings. The van der Waals surface area contributed by atoms with Crippen molar-refractivity contribution >= 4 is 36.0 Å². The molecule has 2 aliphatic rings. The van der Waals surface area contributed by atoms with Crippen molar-refractivity contribution in [2.45, 2.75) is 39.5 Å². The maximum atomic E-state index is 2.38. The summed E-state index contributed by atoms with van der Waals surface area (Å²) in [5.41, 5.74) is 8.94. The normalized spacial score (nSPS) is 14.8. The summed E-state index contributed by atoms with van der Waals surface area (Å²) in [6, 6.07) is 17.9. The van der Waals surface area contributed by atoms with E-state index in [4.69, 9.17) is 0 Å². The van der Waals surface area contributed by atoms with E-state index < -0.39 is 23.2 Å². The average Bonchev–Trinajstić information content (AvgIpc) is 3.37. The minimum absolute atomic E-state index is 0. The predicted octanol–water partition coefficient (Wildman–Crippen LogP) is 7.78. The van der Waals surface area contributed by atoms with Crippen molar-refractivity contribution in [2.75, 3.05) is 0 Å². The molecule has 29 heavy (non-hydrogen) atoms. The van der Waals surface area contributed by atoms with Crippen molar-refractivity contribution < 1.29 is 23.2 Å². The van der Waals surface area contributed by atoms with Crippen LogP contribution in [0.2, 0.25) is 0 Å². The van der Waals surface area contributed by atoms with E-state index in [2.05, 4.69) is 86.7 Å². The minimum atomic E-state index is -0.771. The third-order valence-corrected chi connectivity index (χ3v) is 9.35. The standard InChI is InChI=1S/2C13H13.2ClH.Zr/c2*1-2-11-7-5-6-10-13(11)12-8-3-4-9-12;;;/h2*3,5-8,10H,2,4H2,1H3;2*1H;. The molecule has 0 saturated heterocycles. The Morgan fingerprint density at radius 3 is 1.48 bits per heavy atom. The fourth-order valence-electron chi connectivity index (χ4n) is 4.12. The molecule has 0 saturated carbocycles. The smallest absolute Gasteiger partial charge is 0.147 e. The van der Waals surface area contributed by atoms with Gasteiger partial charge in [0.15, 0.2) is 0 Å². The van der Waals surface area contributed by atoms with Crippen molar-refractivity contribution in [1.82, 2.24) is 0 Å². The van der Waals surface area contributed by atoms with Gasteiger partial charge in [0, 0.05) is 0 Å². The van der Waals surface area contributed by atoms with Crippen LogP contribution in [0.15, 0.2) is 79.4 Å². The van der Waals surface area contributed by atoms with Crippen LogP contribution < -0.4 is 0 Å². The maximum absolute atomic E-state index is 2.38. The zero-order chi connectivity index (χ0) is 18.6. The summed E-state index contributed by atoms with van der Waals surface area (Å²) >= 11 is -0.771. The third kappa shape index (κ3) is 5.14. The first-order chi connectivity index (χ1) is 13.3. The van der Waals surface area contributed by atoms with Gasteiger partial charge in [-0.3, -0.25) is 0 Å². The van der Waals surface area contributed by atoms with Crippen LogP contribution in [0.1, 0.15) is 48.9 Å². The van der Waals surface area contributed by atoms with Crippen molar-refractivity contribution in [2.24, 2.45) is 0 Å². The van der Waals surface area contributed by atoms with Crippen molar-refractivity contribution in [3.05, 3.63) is 102 Å². The van der Waals surface area contributed by atoms with Gasteiger partial charge in [0.1, 0.15) is 0 Å². The van der Waals surface area contributed by atoms with E-state index in [-0.39, 0.29) is 24.8 Å². The molecule has 2 aliphatic carbocycles. The molecule has 0 atom stereocenters. The summed E-state index contributed by atoms with van der Waals surface area (Å²) in [6.07, 6.45) is 14.0. The maximum Gasteiger partial charge on any atom is -0.147 e. The zero-order valence-electron chi connectivity index (χ0n) is 17.1. The van der Waals surface area contributed by atoms with Crippen LogP contribution in [0.4, 0.5) is 0 Å². The molecular formula is C26H28Cl2Zr. The molecule has 0 unspecified atom stereocenters. The van der Waals surface area contributed by atoms with E-state index in [1.54, 1.807) is 6.56 Å². The van der Waals surface area contributed by atoms with Gasteiger partial charge >= 0.3 is 176 Å². The number of rotatable bonds is 6. The first-order valence-corrected chi connectivity index (χ1v) is 12.5. The van der Waals surface area contributed by atoms with Crippen LogP contribution in [0.25, 0.3) is 11.1 Å². The third-order valence-electron chi connectivity index (χ3n) is 5.54. The number of allylic oxidation sites excluding steroid dienone is 8. The van der Waals surface area contributed by atoms with Crippen LogP contribution in [0, 0.1) is 0 Å². The van der Waals surface area contributed by atoms with Crippen LogP contribution in [0.3, 0.4) is 0 Å². The van der Waals surface area contributed by atoms with Gasteiger partial charge in [-0.25, -0.2) is 0 Å². The molecule has 0 spiro atoms. The number of hydrogen-bond donors (Lipinski definition) is 0. The minimum Gasteiger partial charge on any atom is -0.147 e. The molecule has 0 nitrogen and oxygen atoms in total. The molecule has 0 radical (unpaired) electrons. The Morgan fingerprint density at radius 1 is 0.655 bits per heavy atom. The molecule has 0 heterocycles. The second kappa shape index (κ2) is 11.3. The van der Waals surface area contributed by atoms with E-state index in [1.165, 1.54) is 33.4 Å². The van der Waals surface area contributed by atoms with E-state index in [1.807, 2.05) is 0 Å². The molecule has 4 rings (SSSR count). The molecule has 0 bridgehead atoms. The van der Waals surface area contributed by atoms with E-state index in [0.29, 0.717) is 0 Å². The van der Waals surface area contributed by atoms with Gasteiger partial charge in [-0.05, 0) is 0 Å². The van der Waals surface area contributed by atoms with Crippen LogP contribution >= 0.6 is 24.8 Å². The molecule has 150 valence electrons. The van der Waals surface area contributed by atoms with Crippen molar-refractivity contribution in [3.63, 3.8) is 0 Å². The van der Waals surface area contributed by atoms with Gasteiger partial charge in [0.05, 0.1) is 0 Å². The number of aryl methyl sites for hydroxylation is 2. The zero-order valence-corrected chi connectivity index (χ0v) is 21.2. The number of benzene rings is 2. The van der Waals surface area contributed by atoms with E-state index >= 15 is 0 Å². The van der Waals surface area contributed by atoms with E-state index in [9.17, 15) is 0 Å². The molecule has 0 aromatic heterocycles. The van der Waals surface area contributed by atoms with Crippen molar-refractivity contribution in [1.29, 1.82) is 0 Å². The molecule has 0 N–H and O–H groups in total. The molecule has 3 heteroatoms. The summed E-state index contributed by atoms with van der Waals surface area (Å²) in [5.74, 6) is 0. The van der Waals surface area contributed by atoms with Gasteiger partial charge in [-0.15, -0.1) is 24.8 Å². The van der Waals surface area contributed by atoms with E-state index in [0.717, 1.165) is 25.7 Å². The quantitative estimate of drug-likeness (QED) is 0.378. The largest absolute Gasteiger partial charge is 0.147 e. The Kier molecular flexibility index (Phi) is 9.41. The van der Waals surface area contributed by atoms with Gasteiger partial charge in [-0.2, -0.15) is 0 Å². The van der Waals surface area contributed by atoms with Gasteiger partial charge in [0.25, 0.3) is 0 Å². The number of halogens is 2. The molecule has 0 aliphatic heterocycles. The Labute approximate surface area is 199 Å². The summed E-state index contributed by atoms with van der Waals surface area (Å²) in [4.78, 5) is 0. The summed E-state index contributed by atoms with van der Waals surface area (Å²) < 4.78 is 3.48. The Hall–Kier alpha value is -1.14. The fraction of sp³-hybridized carbons (Fsp3) is 0.231. The first-order valence-electron chi connectivity index (χ1n) is 10.0. The monoisotopic (exact) mass is 500 g/mol. The molecule has 2 aromatic carbocycles. The average molecular weight is 503 g/mol. The van der Waals surface area contributed by atoms with Gasteiger partial charge in [-0.1, -0.05) is 0 Å². The van der Waals surface area contributed by atoms with Crippen molar-refractivity contribution in [3.8, 4) is 0 Å². The predicted molar refractivity (Wildman–Crippen MR) is 127 cm³/mol. The molecule has 0 amide bonds. The van der Waals surface area contributed by atoms with Gasteiger partial charge < -0.3 is 0 Å². The Balaban J connectivity index is 0.00000150. The van der Waals surface area contributed by atoms with Crippen LogP contribution in [-0.2, 0) is 36.1 Å². The molecular weight excluding hydrogens is 474 g/mol. The summed E-state index contributed by atoms with van der Waals surface area (Å²) in [7, 11) is 0. The Morgan fingerprint density at radius 2 is 1.07 bits per heavy atom. The van der Waals surface area contributed by atoms with Crippen LogP contribution in [-0.4, -0.2) is 0 Å². The fourth-order valence-corrected chi connectivity index (χ4v) is 7.83. The summed E-state index contributed by atoms with van der Waals surface area (Å²) in [5, 5.41) is 0. The second-order valence-electron chi connectivity index (χ2n) is 7.14. The molecule has 2 aromatic rings. The Bertz CT molecular complexity index is 900. The number of hydrogen-bond acceptors (Lipinski definition) is 0. The topological polar surface area (TPSA) is 0 Å². The SMILES string of the molecule is CCc1ccccc1C1=[C]([Zr][C]2=C(c3ccccc3CC)C=CC2)CC=C1.Cl.Cl. The summed E-state index contributed by atoms with van der Waals surface area (Å²) in [6.45, 7) is 4.53. The van der Waals surface area contributed by atoms with Gasteiger partial charge in [0.2, 0.25) is 0 Å². The second-order valence-corrected chi connectivity index (χ2v) is 10.7. The first kappa shape index (κ1) is 24.1. The van der Waals surface area contributed by atoms with Crippen LogP contribution in [0.5, 0.6) is 0 Å².